The van der Waals surface area contributed by atoms with Crippen LogP contribution >= 0.6 is 0 Å². The van der Waals surface area contributed by atoms with Gasteiger partial charge in [0.05, 0.1) is 13.2 Å². The SMILES string of the molecule is CC1=CCOCC1N. The normalized spacial score (nSPS) is 29.8. The maximum Gasteiger partial charge on any atom is 0.0660 e. The van der Waals surface area contributed by atoms with E-state index in [1.165, 1.54) is 5.57 Å². The summed E-state index contributed by atoms with van der Waals surface area (Å²) in [5, 5.41) is 0. The first-order chi connectivity index (χ1) is 3.80. The van der Waals surface area contributed by atoms with Gasteiger partial charge in [-0.25, -0.2) is 0 Å². The molecule has 2 heteroatoms. The Morgan fingerprint density at radius 3 is 3.00 bits per heavy atom. The van der Waals surface area contributed by atoms with E-state index in [9.17, 15) is 0 Å². The molecule has 0 fully saturated rings. The predicted molar refractivity (Wildman–Crippen MR) is 32.6 cm³/mol. The lowest BCUT2D eigenvalue weighted by Gasteiger charge is -2.16. The van der Waals surface area contributed by atoms with Crippen molar-refractivity contribution in [1.29, 1.82) is 0 Å². The van der Waals surface area contributed by atoms with Gasteiger partial charge in [-0.1, -0.05) is 11.6 Å². The van der Waals surface area contributed by atoms with Gasteiger partial charge in [0.1, 0.15) is 0 Å². The summed E-state index contributed by atoms with van der Waals surface area (Å²) in [7, 11) is 0. The minimum absolute atomic E-state index is 0.142. The van der Waals surface area contributed by atoms with Crippen LogP contribution in [0.2, 0.25) is 0 Å². The Bertz CT molecular complexity index is 109. The molecule has 1 heterocycles. The molecular formula is C6H11NO. The highest BCUT2D eigenvalue weighted by Gasteiger charge is 2.07. The summed E-state index contributed by atoms with van der Waals surface area (Å²) in [6.07, 6.45) is 2.02. The summed E-state index contributed by atoms with van der Waals surface area (Å²) < 4.78 is 5.05. The molecule has 0 aromatic carbocycles. The van der Waals surface area contributed by atoms with Crippen LogP contribution in [0.3, 0.4) is 0 Å². The van der Waals surface area contributed by atoms with E-state index in [-0.39, 0.29) is 6.04 Å². The second-order valence-electron chi connectivity index (χ2n) is 2.09. The van der Waals surface area contributed by atoms with Crippen molar-refractivity contribution >= 4 is 0 Å². The standard InChI is InChI=1S/C6H11NO/c1-5-2-3-8-4-6(5)7/h2,6H,3-4,7H2,1H3. The van der Waals surface area contributed by atoms with Crippen molar-refractivity contribution in [2.45, 2.75) is 13.0 Å². The molecule has 0 spiro atoms. The Labute approximate surface area is 49.3 Å². The van der Waals surface area contributed by atoms with E-state index < -0.39 is 0 Å². The van der Waals surface area contributed by atoms with Gasteiger partial charge in [0, 0.05) is 6.04 Å². The van der Waals surface area contributed by atoms with Crippen LogP contribution < -0.4 is 5.73 Å². The third-order valence-electron chi connectivity index (χ3n) is 1.41. The van der Waals surface area contributed by atoms with Crippen LogP contribution in [-0.2, 0) is 4.74 Å². The molecule has 0 saturated heterocycles. The Balaban J connectivity index is 2.53. The highest BCUT2D eigenvalue weighted by Crippen LogP contribution is 2.03. The summed E-state index contributed by atoms with van der Waals surface area (Å²) in [6.45, 7) is 3.45. The van der Waals surface area contributed by atoms with Gasteiger partial charge in [0.25, 0.3) is 0 Å². The molecule has 0 aromatic rings. The maximum atomic E-state index is 5.58. The van der Waals surface area contributed by atoms with Crippen LogP contribution in [0.25, 0.3) is 0 Å². The van der Waals surface area contributed by atoms with Crippen molar-refractivity contribution < 1.29 is 4.74 Å². The third kappa shape index (κ3) is 1.08. The van der Waals surface area contributed by atoms with Crippen LogP contribution in [0.1, 0.15) is 6.92 Å². The zero-order chi connectivity index (χ0) is 5.98. The Morgan fingerprint density at radius 1 is 1.88 bits per heavy atom. The van der Waals surface area contributed by atoms with Gasteiger partial charge in [-0.3, -0.25) is 0 Å². The van der Waals surface area contributed by atoms with Crippen LogP contribution in [0.4, 0.5) is 0 Å². The fraction of sp³-hybridized carbons (Fsp3) is 0.667. The largest absolute Gasteiger partial charge is 0.375 e. The first kappa shape index (κ1) is 5.79. The highest BCUT2D eigenvalue weighted by molar-refractivity contribution is 5.08. The molecule has 0 saturated carbocycles. The summed E-state index contributed by atoms with van der Waals surface area (Å²) in [4.78, 5) is 0. The monoisotopic (exact) mass is 113 g/mol. The van der Waals surface area contributed by atoms with Gasteiger partial charge in [-0.15, -0.1) is 0 Å². The minimum Gasteiger partial charge on any atom is -0.375 e. The molecule has 1 aliphatic rings. The molecule has 1 atom stereocenters. The number of hydrogen-bond acceptors (Lipinski definition) is 2. The van der Waals surface area contributed by atoms with Crippen molar-refractivity contribution in [2.24, 2.45) is 5.73 Å². The van der Waals surface area contributed by atoms with Crippen LogP contribution in [-0.4, -0.2) is 19.3 Å². The maximum absolute atomic E-state index is 5.58. The lowest BCUT2D eigenvalue weighted by atomic mass is 10.1. The predicted octanol–water partition coefficient (Wildman–Crippen LogP) is 0.290. The molecule has 46 valence electrons. The van der Waals surface area contributed by atoms with Crippen molar-refractivity contribution in [3.63, 3.8) is 0 Å². The topological polar surface area (TPSA) is 35.2 Å². The van der Waals surface area contributed by atoms with Gasteiger partial charge >= 0.3 is 0 Å². The van der Waals surface area contributed by atoms with Crippen molar-refractivity contribution in [3.8, 4) is 0 Å². The molecule has 0 aromatic heterocycles. The van der Waals surface area contributed by atoms with Crippen LogP contribution in [0.5, 0.6) is 0 Å². The molecule has 0 bridgehead atoms. The minimum atomic E-state index is 0.142. The first-order valence-corrected chi connectivity index (χ1v) is 2.80. The smallest absolute Gasteiger partial charge is 0.0660 e. The molecule has 0 radical (unpaired) electrons. The second-order valence-corrected chi connectivity index (χ2v) is 2.09. The zero-order valence-corrected chi connectivity index (χ0v) is 5.05. The van der Waals surface area contributed by atoms with Gasteiger partial charge in [0.2, 0.25) is 0 Å². The van der Waals surface area contributed by atoms with Crippen LogP contribution in [0.15, 0.2) is 11.6 Å². The molecule has 0 aliphatic carbocycles. The quantitative estimate of drug-likeness (QED) is 0.458. The number of ether oxygens (including phenoxy) is 1. The molecule has 1 rings (SSSR count). The van der Waals surface area contributed by atoms with Gasteiger partial charge < -0.3 is 10.5 Å². The Morgan fingerprint density at radius 2 is 2.62 bits per heavy atom. The van der Waals surface area contributed by atoms with E-state index in [1.807, 2.05) is 13.0 Å². The van der Waals surface area contributed by atoms with E-state index in [1.54, 1.807) is 0 Å². The number of hydrogen-bond donors (Lipinski definition) is 1. The summed E-state index contributed by atoms with van der Waals surface area (Å²) >= 11 is 0. The summed E-state index contributed by atoms with van der Waals surface area (Å²) in [6, 6.07) is 0.142. The Hall–Kier alpha value is -0.340. The van der Waals surface area contributed by atoms with Crippen molar-refractivity contribution in [2.75, 3.05) is 13.2 Å². The lowest BCUT2D eigenvalue weighted by molar-refractivity contribution is 0.142. The summed E-state index contributed by atoms with van der Waals surface area (Å²) in [5.41, 5.74) is 6.83. The molecule has 1 aliphatic heterocycles. The summed E-state index contributed by atoms with van der Waals surface area (Å²) in [5.74, 6) is 0. The van der Waals surface area contributed by atoms with Crippen molar-refractivity contribution in [3.05, 3.63) is 11.6 Å². The number of nitrogens with two attached hydrogens (primary N) is 1. The molecule has 0 amide bonds. The average molecular weight is 113 g/mol. The molecule has 2 N–H and O–H groups in total. The highest BCUT2D eigenvalue weighted by atomic mass is 16.5. The van der Waals surface area contributed by atoms with Gasteiger partial charge in [-0.05, 0) is 6.92 Å². The fourth-order valence-electron chi connectivity index (χ4n) is 0.668. The molecular weight excluding hydrogens is 102 g/mol. The lowest BCUT2D eigenvalue weighted by Crippen LogP contribution is -2.30. The van der Waals surface area contributed by atoms with Gasteiger partial charge in [0.15, 0.2) is 0 Å². The third-order valence-corrected chi connectivity index (χ3v) is 1.41. The van der Waals surface area contributed by atoms with Crippen molar-refractivity contribution in [1.82, 2.24) is 0 Å². The number of rotatable bonds is 0. The van der Waals surface area contributed by atoms with E-state index in [4.69, 9.17) is 10.5 Å². The van der Waals surface area contributed by atoms with Gasteiger partial charge in [-0.2, -0.15) is 0 Å². The van der Waals surface area contributed by atoms with E-state index in [0.29, 0.717) is 6.61 Å². The van der Waals surface area contributed by atoms with E-state index in [2.05, 4.69) is 0 Å². The zero-order valence-electron chi connectivity index (χ0n) is 5.05. The van der Waals surface area contributed by atoms with Crippen LogP contribution in [0, 0.1) is 0 Å². The molecule has 1 unspecified atom stereocenters. The second kappa shape index (κ2) is 2.29. The first-order valence-electron chi connectivity index (χ1n) is 2.80. The molecule has 8 heavy (non-hydrogen) atoms. The fourth-order valence-corrected chi connectivity index (χ4v) is 0.668. The average Bonchev–Trinajstić information content (AvgIpc) is 1.77. The Kier molecular flexibility index (Phi) is 1.65. The van der Waals surface area contributed by atoms with E-state index in [0.717, 1.165) is 6.61 Å². The molecule has 2 nitrogen and oxygen atoms in total. The van der Waals surface area contributed by atoms with E-state index >= 15 is 0 Å².